The maximum atomic E-state index is 12.5. The summed E-state index contributed by atoms with van der Waals surface area (Å²) in [7, 11) is -2.26. The van der Waals surface area contributed by atoms with Crippen molar-refractivity contribution in [2.45, 2.75) is 11.8 Å². The van der Waals surface area contributed by atoms with E-state index in [1.54, 1.807) is 18.2 Å². The third-order valence-corrected chi connectivity index (χ3v) is 5.79. The number of hydrogen-bond donors (Lipinski definition) is 1. The molecule has 1 heterocycles. The van der Waals surface area contributed by atoms with Crippen LogP contribution < -0.4 is 9.46 Å². The van der Waals surface area contributed by atoms with Gasteiger partial charge < -0.3 is 4.74 Å². The number of anilines is 1. The van der Waals surface area contributed by atoms with E-state index in [9.17, 15) is 8.42 Å². The molecule has 0 spiro atoms. The van der Waals surface area contributed by atoms with Gasteiger partial charge in [0.05, 0.1) is 37.9 Å². The Bertz CT molecular complexity index is 984. The van der Waals surface area contributed by atoms with Crippen LogP contribution in [-0.4, -0.2) is 20.5 Å². The first-order valence-electron chi connectivity index (χ1n) is 6.62. The number of fused-ring (bicyclic) bond motifs is 1. The van der Waals surface area contributed by atoms with Gasteiger partial charge in [-0.25, -0.2) is 13.4 Å². The Hall–Kier alpha value is -1.83. The largest absolute Gasteiger partial charge is 0.495 e. The second kappa shape index (κ2) is 5.99. The monoisotopic (exact) mass is 368 g/mol. The maximum Gasteiger partial charge on any atom is 0.261 e. The molecule has 0 aliphatic carbocycles. The Morgan fingerprint density at radius 1 is 1.22 bits per heavy atom. The number of hydrogen-bond acceptors (Lipinski definition) is 5. The number of ether oxygens (including phenoxy) is 1. The first kappa shape index (κ1) is 16.0. The summed E-state index contributed by atoms with van der Waals surface area (Å²) in [4.78, 5) is 4.42. The molecule has 0 saturated carbocycles. The van der Waals surface area contributed by atoms with Crippen LogP contribution in [0.1, 0.15) is 5.01 Å². The molecular formula is C15H13ClN2O3S2. The molecule has 0 amide bonds. The number of nitrogens with zero attached hydrogens (tertiary/aromatic N) is 1. The molecular weight excluding hydrogens is 356 g/mol. The zero-order valence-corrected chi connectivity index (χ0v) is 14.7. The van der Waals surface area contributed by atoms with Crippen molar-refractivity contribution < 1.29 is 13.2 Å². The summed E-state index contributed by atoms with van der Waals surface area (Å²) in [6.45, 7) is 1.91. The van der Waals surface area contributed by atoms with Gasteiger partial charge in [0.2, 0.25) is 0 Å². The van der Waals surface area contributed by atoms with Crippen molar-refractivity contribution in [3.63, 3.8) is 0 Å². The van der Waals surface area contributed by atoms with Crippen LogP contribution in [0.25, 0.3) is 10.2 Å². The minimum Gasteiger partial charge on any atom is -0.495 e. The second-order valence-corrected chi connectivity index (χ2v) is 8.14. The Kier molecular flexibility index (Phi) is 4.18. The molecule has 0 aliphatic rings. The minimum atomic E-state index is -3.73. The van der Waals surface area contributed by atoms with Gasteiger partial charge in [0.1, 0.15) is 5.75 Å². The normalized spacial score (nSPS) is 11.6. The molecule has 5 nitrogen and oxygen atoms in total. The second-order valence-electron chi connectivity index (χ2n) is 4.82. The van der Waals surface area contributed by atoms with Crippen molar-refractivity contribution in [3.8, 4) is 5.75 Å². The Balaban J connectivity index is 1.94. The Labute approximate surface area is 142 Å². The fraction of sp³-hybridized carbons (Fsp3) is 0.133. The molecule has 0 saturated heterocycles. The van der Waals surface area contributed by atoms with E-state index in [0.717, 1.165) is 15.2 Å². The van der Waals surface area contributed by atoms with Gasteiger partial charge in [0.15, 0.2) is 0 Å². The summed E-state index contributed by atoms with van der Waals surface area (Å²) in [5, 5.41) is 1.17. The number of nitrogens with one attached hydrogen (secondary N) is 1. The molecule has 23 heavy (non-hydrogen) atoms. The van der Waals surface area contributed by atoms with Crippen LogP contribution >= 0.6 is 22.9 Å². The van der Waals surface area contributed by atoms with Crippen LogP contribution in [0.15, 0.2) is 41.3 Å². The third-order valence-electron chi connectivity index (χ3n) is 3.18. The van der Waals surface area contributed by atoms with E-state index in [1.165, 1.54) is 36.6 Å². The number of methoxy groups -OCH3 is 1. The van der Waals surface area contributed by atoms with E-state index < -0.39 is 10.0 Å². The molecule has 0 radical (unpaired) electrons. The maximum absolute atomic E-state index is 12.5. The van der Waals surface area contributed by atoms with Gasteiger partial charge in [-0.15, -0.1) is 11.3 Å². The van der Waals surface area contributed by atoms with Crippen LogP contribution in [0.2, 0.25) is 5.02 Å². The molecule has 0 aliphatic heterocycles. The van der Waals surface area contributed by atoms with E-state index in [-0.39, 0.29) is 9.92 Å². The Morgan fingerprint density at radius 3 is 2.70 bits per heavy atom. The Morgan fingerprint density at radius 2 is 2.00 bits per heavy atom. The fourth-order valence-corrected chi connectivity index (χ4v) is 4.40. The van der Waals surface area contributed by atoms with Crippen LogP contribution in [0.5, 0.6) is 5.75 Å². The van der Waals surface area contributed by atoms with Gasteiger partial charge in [-0.05, 0) is 43.3 Å². The highest BCUT2D eigenvalue weighted by atomic mass is 35.5. The van der Waals surface area contributed by atoms with Crippen molar-refractivity contribution in [2.75, 3.05) is 11.8 Å². The first-order chi connectivity index (χ1) is 10.9. The average molecular weight is 369 g/mol. The van der Waals surface area contributed by atoms with E-state index in [0.29, 0.717) is 11.4 Å². The van der Waals surface area contributed by atoms with Gasteiger partial charge in [0.25, 0.3) is 10.0 Å². The van der Waals surface area contributed by atoms with E-state index >= 15 is 0 Å². The lowest BCUT2D eigenvalue weighted by atomic mass is 10.3. The standard InChI is InChI=1S/C15H13ClN2O3S2/c1-9-17-13-5-3-10(7-15(13)22-9)18-23(19,20)11-4-6-14(21-2)12(16)8-11/h3-8,18H,1-2H3. The van der Waals surface area contributed by atoms with Crippen LogP contribution in [0, 0.1) is 6.92 Å². The highest BCUT2D eigenvalue weighted by Crippen LogP contribution is 2.29. The molecule has 0 fully saturated rings. The lowest BCUT2D eigenvalue weighted by molar-refractivity contribution is 0.414. The quantitative estimate of drug-likeness (QED) is 0.753. The number of aryl methyl sites for hydroxylation is 1. The highest BCUT2D eigenvalue weighted by molar-refractivity contribution is 7.92. The summed E-state index contributed by atoms with van der Waals surface area (Å²) in [6.07, 6.45) is 0. The van der Waals surface area contributed by atoms with Crippen molar-refractivity contribution in [1.29, 1.82) is 0 Å². The number of thiazole rings is 1. The van der Waals surface area contributed by atoms with Crippen molar-refractivity contribution in [1.82, 2.24) is 4.98 Å². The van der Waals surface area contributed by atoms with Crippen molar-refractivity contribution in [2.24, 2.45) is 0 Å². The zero-order valence-electron chi connectivity index (χ0n) is 12.3. The predicted molar refractivity (Wildman–Crippen MR) is 93.2 cm³/mol. The topological polar surface area (TPSA) is 68.3 Å². The van der Waals surface area contributed by atoms with Crippen LogP contribution in [-0.2, 0) is 10.0 Å². The van der Waals surface area contributed by atoms with Gasteiger partial charge in [-0.1, -0.05) is 11.6 Å². The first-order valence-corrected chi connectivity index (χ1v) is 9.30. The average Bonchev–Trinajstić information content (AvgIpc) is 2.86. The van der Waals surface area contributed by atoms with Gasteiger partial charge in [-0.2, -0.15) is 0 Å². The van der Waals surface area contributed by atoms with Gasteiger partial charge >= 0.3 is 0 Å². The van der Waals surface area contributed by atoms with Crippen molar-refractivity contribution in [3.05, 3.63) is 46.4 Å². The number of sulfonamides is 1. The molecule has 0 unspecified atom stereocenters. The summed E-state index contributed by atoms with van der Waals surface area (Å²) < 4.78 is 33.5. The number of aromatic nitrogens is 1. The highest BCUT2D eigenvalue weighted by Gasteiger charge is 2.16. The smallest absolute Gasteiger partial charge is 0.261 e. The number of rotatable bonds is 4. The van der Waals surface area contributed by atoms with Crippen LogP contribution in [0.3, 0.4) is 0 Å². The molecule has 8 heteroatoms. The van der Waals surface area contributed by atoms with Crippen LogP contribution in [0.4, 0.5) is 5.69 Å². The zero-order chi connectivity index (χ0) is 16.6. The molecule has 3 aromatic rings. The van der Waals surface area contributed by atoms with E-state index in [1.807, 2.05) is 6.92 Å². The lowest BCUT2D eigenvalue weighted by Crippen LogP contribution is -2.12. The molecule has 0 bridgehead atoms. The molecule has 3 rings (SSSR count). The van der Waals surface area contributed by atoms with Gasteiger partial charge in [0, 0.05) is 0 Å². The summed E-state index contributed by atoms with van der Waals surface area (Å²) >= 11 is 7.51. The fourth-order valence-electron chi connectivity index (χ4n) is 2.13. The summed E-state index contributed by atoms with van der Waals surface area (Å²) in [5.41, 5.74) is 1.33. The summed E-state index contributed by atoms with van der Waals surface area (Å²) in [5.74, 6) is 0.423. The SMILES string of the molecule is COc1ccc(S(=O)(=O)Nc2ccc3nc(C)sc3c2)cc1Cl. The molecule has 1 aromatic heterocycles. The van der Waals surface area contributed by atoms with E-state index in [2.05, 4.69) is 9.71 Å². The molecule has 2 aromatic carbocycles. The van der Waals surface area contributed by atoms with Crippen molar-refractivity contribution >= 4 is 48.9 Å². The molecule has 120 valence electrons. The molecule has 1 N–H and O–H groups in total. The number of benzene rings is 2. The third kappa shape index (κ3) is 3.26. The minimum absolute atomic E-state index is 0.0730. The predicted octanol–water partition coefficient (Wildman–Crippen LogP) is 4.07. The molecule has 0 atom stereocenters. The van der Waals surface area contributed by atoms with Gasteiger partial charge in [-0.3, -0.25) is 4.72 Å². The lowest BCUT2D eigenvalue weighted by Gasteiger charge is -2.10. The summed E-state index contributed by atoms with van der Waals surface area (Å²) in [6, 6.07) is 9.57. The van der Waals surface area contributed by atoms with E-state index in [4.69, 9.17) is 16.3 Å². The number of halogens is 1.